The van der Waals surface area contributed by atoms with E-state index in [0.29, 0.717) is 0 Å². The molecule has 8 nitrogen and oxygen atoms in total. The number of rotatable bonds is 4. The van der Waals surface area contributed by atoms with E-state index in [2.05, 4.69) is 0 Å². The summed E-state index contributed by atoms with van der Waals surface area (Å²) in [5, 5.41) is 0. The van der Waals surface area contributed by atoms with Gasteiger partial charge in [-0.1, -0.05) is 0 Å². The molecule has 0 atom stereocenters. The number of hydrogen-bond acceptors (Lipinski definition) is 8. The molecule has 3 rings (SSSR count). The van der Waals surface area contributed by atoms with Crippen LogP contribution in [-0.4, -0.2) is 52.3 Å². The lowest BCUT2D eigenvalue weighted by Gasteiger charge is -2.25. The monoisotopic (exact) mass is 472 g/mol. The number of methoxy groups -OCH3 is 4. The predicted octanol–water partition coefficient (Wildman–Crippen LogP) is 3.52. The van der Waals surface area contributed by atoms with Crippen LogP contribution < -0.4 is 0 Å². The summed E-state index contributed by atoms with van der Waals surface area (Å²) in [7, 11) is 5.06. The van der Waals surface area contributed by atoms with E-state index in [1.807, 2.05) is 27.7 Å². The summed E-state index contributed by atoms with van der Waals surface area (Å²) in [5.41, 5.74) is 4.21. The predicted molar refractivity (Wildman–Crippen MR) is 122 cm³/mol. The van der Waals surface area contributed by atoms with Crippen LogP contribution in [0, 0.1) is 10.8 Å². The maximum atomic E-state index is 12.8. The first-order chi connectivity index (χ1) is 15.9. The Bertz CT molecular complexity index is 940. The summed E-state index contributed by atoms with van der Waals surface area (Å²) in [6.07, 6.45) is 0.600. The van der Waals surface area contributed by atoms with Gasteiger partial charge >= 0.3 is 23.9 Å². The minimum absolute atomic E-state index is 0.150. The molecule has 0 heterocycles. The lowest BCUT2D eigenvalue weighted by molar-refractivity contribution is -0.170. The fourth-order valence-corrected chi connectivity index (χ4v) is 5.63. The van der Waals surface area contributed by atoms with Gasteiger partial charge in [-0.25, -0.2) is 0 Å². The highest BCUT2D eigenvalue weighted by molar-refractivity contribution is 6.03. The van der Waals surface area contributed by atoms with Crippen molar-refractivity contribution in [1.82, 2.24) is 0 Å². The third-order valence-electron chi connectivity index (χ3n) is 7.88. The molecule has 0 amide bonds. The van der Waals surface area contributed by atoms with Gasteiger partial charge in [-0.05, 0) is 72.3 Å². The molecule has 0 aromatic rings. The Hall–Kier alpha value is -3.16. The van der Waals surface area contributed by atoms with Crippen LogP contribution in [-0.2, 0) is 38.1 Å². The van der Waals surface area contributed by atoms with E-state index in [4.69, 9.17) is 18.9 Å². The van der Waals surface area contributed by atoms with Crippen molar-refractivity contribution in [2.75, 3.05) is 28.4 Å². The summed E-state index contributed by atoms with van der Waals surface area (Å²) in [5.74, 6) is -2.51. The Balaban J connectivity index is 2.20. The van der Waals surface area contributed by atoms with Gasteiger partial charge in [0.2, 0.25) is 0 Å². The molecule has 0 unspecified atom stereocenters. The van der Waals surface area contributed by atoms with Crippen molar-refractivity contribution in [2.45, 2.75) is 53.4 Å². The van der Waals surface area contributed by atoms with Crippen molar-refractivity contribution >= 4 is 23.9 Å². The number of allylic oxidation sites excluding steroid dienone is 8. The Morgan fingerprint density at radius 3 is 0.794 bits per heavy atom. The fraction of sp³-hybridized carbons (Fsp3) is 0.538. The molecule has 0 spiro atoms. The highest BCUT2D eigenvalue weighted by Crippen LogP contribution is 2.55. The SMILES string of the molecule is COC(=O)C1(C(=O)OC)CC2=C(C1)C(/C)=C(/C)C1=C(CC(C(=O)OC)(C(=O)OC)C1)/C(C)=C\2C. The Kier molecular flexibility index (Phi) is 6.66. The second kappa shape index (κ2) is 8.89. The average Bonchev–Trinajstić information content (AvgIpc) is 3.46. The molecule has 0 aliphatic heterocycles. The Morgan fingerprint density at radius 2 is 0.647 bits per heavy atom. The smallest absolute Gasteiger partial charge is 0.323 e. The number of ether oxygens (including phenoxy) is 4. The molecule has 0 aromatic carbocycles. The third-order valence-corrected chi connectivity index (χ3v) is 7.88. The Morgan fingerprint density at radius 1 is 0.471 bits per heavy atom. The average molecular weight is 473 g/mol. The van der Waals surface area contributed by atoms with Crippen LogP contribution in [0.4, 0.5) is 0 Å². The molecule has 0 saturated carbocycles. The van der Waals surface area contributed by atoms with E-state index >= 15 is 0 Å². The van der Waals surface area contributed by atoms with Gasteiger partial charge in [0.25, 0.3) is 0 Å². The zero-order valence-corrected chi connectivity index (χ0v) is 21.1. The van der Waals surface area contributed by atoms with E-state index in [9.17, 15) is 19.2 Å². The summed E-state index contributed by atoms with van der Waals surface area (Å²) in [4.78, 5) is 51.3. The largest absolute Gasteiger partial charge is 0.468 e. The summed E-state index contributed by atoms with van der Waals surface area (Å²) >= 11 is 0. The number of carbonyl (C=O) groups excluding carboxylic acids is 4. The van der Waals surface area contributed by atoms with E-state index in [1.54, 1.807) is 0 Å². The van der Waals surface area contributed by atoms with Crippen molar-refractivity contribution < 1.29 is 38.1 Å². The molecule has 0 fully saturated rings. The zero-order valence-electron chi connectivity index (χ0n) is 21.1. The minimum Gasteiger partial charge on any atom is -0.468 e. The maximum Gasteiger partial charge on any atom is 0.323 e. The van der Waals surface area contributed by atoms with Crippen molar-refractivity contribution in [1.29, 1.82) is 0 Å². The first-order valence-corrected chi connectivity index (χ1v) is 11.1. The van der Waals surface area contributed by atoms with Crippen molar-refractivity contribution in [2.24, 2.45) is 10.8 Å². The van der Waals surface area contributed by atoms with Crippen LogP contribution >= 0.6 is 0 Å². The van der Waals surface area contributed by atoms with Crippen LogP contribution in [0.5, 0.6) is 0 Å². The molecule has 8 heteroatoms. The van der Waals surface area contributed by atoms with E-state index < -0.39 is 34.7 Å². The van der Waals surface area contributed by atoms with Gasteiger partial charge in [-0.2, -0.15) is 0 Å². The molecule has 3 aliphatic carbocycles. The molecule has 184 valence electrons. The second-order valence-corrected chi connectivity index (χ2v) is 9.25. The highest BCUT2D eigenvalue weighted by Gasteiger charge is 2.56. The first-order valence-electron chi connectivity index (χ1n) is 11.1. The normalized spacial score (nSPS) is 25.2. The van der Waals surface area contributed by atoms with Crippen LogP contribution in [0.25, 0.3) is 0 Å². The fourth-order valence-electron chi connectivity index (χ4n) is 5.63. The van der Waals surface area contributed by atoms with Gasteiger partial charge in [-0.3, -0.25) is 19.2 Å². The molecule has 34 heavy (non-hydrogen) atoms. The third kappa shape index (κ3) is 3.42. The molecule has 0 N–H and O–H groups in total. The molecule has 3 aliphatic rings. The van der Waals surface area contributed by atoms with Crippen molar-refractivity contribution in [3.05, 3.63) is 44.6 Å². The topological polar surface area (TPSA) is 105 Å². The van der Waals surface area contributed by atoms with Crippen LogP contribution in [0.15, 0.2) is 44.6 Å². The summed E-state index contributed by atoms with van der Waals surface area (Å²) in [6, 6.07) is 0. The highest BCUT2D eigenvalue weighted by atomic mass is 16.6. The van der Waals surface area contributed by atoms with Gasteiger partial charge in [-0.15, -0.1) is 0 Å². The maximum absolute atomic E-state index is 12.8. The molecule has 0 saturated heterocycles. The van der Waals surface area contributed by atoms with Crippen LogP contribution in [0.2, 0.25) is 0 Å². The molecule has 0 bridgehead atoms. The first kappa shape index (κ1) is 25.5. The van der Waals surface area contributed by atoms with Gasteiger partial charge < -0.3 is 18.9 Å². The lowest BCUT2D eigenvalue weighted by atomic mass is 9.81. The quantitative estimate of drug-likeness (QED) is 0.348. The standard InChI is InChI=1S/C26H32O8/c1-13-14(2)18-10-26(23(29)33-7,24(30)34-8)12-20(18)16(4)15(3)19-11-25(9-17(13)19,21(27)31-5)22(28)32-6/h9-12H2,1-8H3/b14-13-,16-15-,17-13?,18-14?,19-15?,20-16?. The second-order valence-electron chi connectivity index (χ2n) is 9.25. The molecular weight excluding hydrogens is 440 g/mol. The number of carbonyl (C=O) groups is 4. The van der Waals surface area contributed by atoms with Crippen molar-refractivity contribution in [3.8, 4) is 0 Å². The van der Waals surface area contributed by atoms with Gasteiger partial charge in [0, 0.05) is 25.7 Å². The van der Waals surface area contributed by atoms with Gasteiger partial charge in [0.1, 0.15) is 0 Å². The molecular formula is C26H32O8. The zero-order chi connectivity index (χ0) is 25.6. The lowest BCUT2D eigenvalue weighted by Crippen LogP contribution is -2.40. The van der Waals surface area contributed by atoms with Crippen LogP contribution in [0.1, 0.15) is 53.4 Å². The molecule has 0 radical (unpaired) electrons. The van der Waals surface area contributed by atoms with E-state index in [-0.39, 0.29) is 25.7 Å². The summed E-state index contributed by atoms with van der Waals surface area (Å²) < 4.78 is 20.1. The van der Waals surface area contributed by atoms with Crippen molar-refractivity contribution in [3.63, 3.8) is 0 Å². The van der Waals surface area contributed by atoms with Crippen LogP contribution in [0.3, 0.4) is 0 Å². The number of hydrogen-bond donors (Lipinski definition) is 0. The number of esters is 4. The Labute approximate surface area is 199 Å². The van der Waals surface area contributed by atoms with E-state index in [1.165, 1.54) is 28.4 Å². The summed E-state index contributed by atoms with van der Waals surface area (Å²) in [6.45, 7) is 7.74. The van der Waals surface area contributed by atoms with Gasteiger partial charge in [0.15, 0.2) is 10.8 Å². The molecule has 0 aromatic heterocycles. The minimum atomic E-state index is -1.45. The van der Waals surface area contributed by atoms with E-state index in [0.717, 1.165) is 44.6 Å². The van der Waals surface area contributed by atoms with Gasteiger partial charge in [0.05, 0.1) is 28.4 Å².